The highest BCUT2D eigenvalue weighted by Crippen LogP contribution is 2.43. The Morgan fingerprint density at radius 1 is 0.758 bits per heavy atom. The van der Waals surface area contributed by atoms with Gasteiger partial charge >= 0.3 is 5.97 Å². The van der Waals surface area contributed by atoms with Gasteiger partial charge in [0.15, 0.2) is 0 Å². The second-order valence-corrected chi connectivity index (χ2v) is 12.0. The first-order valence-electron chi connectivity index (χ1n) is 14.8. The van der Waals surface area contributed by atoms with Crippen molar-refractivity contribution >= 4 is 5.97 Å². The molecule has 0 aromatic carbocycles. The van der Waals surface area contributed by atoms with Gasteiger partial charge in [-0.25, -0.2) is 0 Å². The molecule has 0 aromatic heterocycles. The van der Waals surface area contributed by atoms with E-state index in [1.165, 1.54) is 89.9 Å². The van der Waals surface area contributed by atoms with Crippen LogP contribution >= 0.6 is 0 Å². The summed E-state index contributed by atoms with van der Waals surface area (Å²) in [6.45, 7) is 4.64. The van der Waals surface area contributed by atoms with E-state index in [1.54, 1.807) is 0 Å². The molecule has 0 heterocycles. The smallest absolute Gasteiger partial charge is 0.314 e. The third-order valence-electron chi connectivity index (χ3n) is 9.87. The Morgan fingerprint density at radius 2 is 1.27 bits per heavy atom. The highest BCUT2D eigenvalue weighted by molar-refractivity contribution is 5.74. The number of hydrogen-bond acceptors (Lipinski definition) is 2. The van der Waals surface area contributed by atoms with Crippen LogP contribution in [0.1, 0.15) is 123 Å². The highest BCUT2D eigenvalue weighted by Gasteiger charge is 2.34. The predicted octanol–water partition coefficient (Wildman–Crippen LogP) is 9.01. The summed E-state index contributed by atoms with van der Waals surface area (Å²) in [6, 6.07) is 0. The molecule has 2 heteroatoms. The summed E-state index contributed by atoms with van der Waals surface area (Å²) in [5.41, 5.74) is 0. The van der Waals surface area contributed by atoms with E-state index in [0.29, 0.717) is 5.92 Å². The third-order valence-corrected chi connectivity index (χ3v) is 9.87. The van der Waals surface area contributed by atoms with Gasteiger partial charge in [-0.2, -0.15) is 0 Å². The molecule has 0 aromatic rings. The lowest BCUT2D eigenvalue weighted by atomic mass is 9.69. The van der Waals surface area contributed by atoms with Crippen LogP contribution in [-0.4, -0.2) is 5.97 Å². The molecule has 186 valence electrons. The van der Waals surface area contributed by atoms with Gasteiger partial charge < -0.3 is 4.74 Å². The van der Waals surface area contributed by atoms with Gasteiger partial charge in [-0.1, -0.05) is 71.3 Å². The number of carbonyl (C=O) groups is 1. The molecule has 4 aliphatic carbocycles. The van der Waals surface area contributed by atoms with Gasteiger partial charge in [0.1, 0.15) is 5.76 Å². The molecule has 4 aliphatic rings. The van der Waals surface area contributed by atoms with Crippen LogP contribution in [0.3, 0.4) is 0 Å². The van der Waals surface area contributed by atoms with Crippen molar-refractivity contribution in [1.29, 1.82) is 0 Å². The fourth-order valence-electron chi connectivity index (χ4n) is 7.74. The predicted molar refractivity (Wildman–Crippen MR) is 138 cm³/mol. The number of carbonyl (C=O) groups excluding carboxylic acids is 1. The molecule has 0 N–H and O–H groups in total. The van der Waals surface area contributed by atoms with Crippen LogP contribution in [-0.2, 0) is 9.53 Å². The van der Waals surface area contributed by atoms with Crippen molar-refractivity contribution < 1.29 is 9.53 Å². The zero-order valence-corrected chi connectivity index (χ0v) is 21.6. The van der Waals surface area contributed by atoms with Crippen LogP contribution < -0.4 is 0 Å². The van der Waals surface area contributed by atoms with Crippen molar-refractivity contribution in [1.82, 2.24) is 0 Å². The number of esters is 1. The Morgan fingerprint density at radius 3 is 1.76 bits per heavy atom. The van der Waals surface area contributed by atoms with Crippen LogP contribution in [0.4, 0.5) is 0 Å². The largest absolute Gasteiger partial charge is 0.427 e. The molecule has 3 saturated carbocycles. The molecule has 0 spiro atoms. The quantitative estimate of drug-likeness (QED) is 0.342. The number of rotatable bonds is 8. The topological polar surface area (TPSA) is 26.3 Å². The fourth-order valence-corrected chi connectivity index (χ4v) is 7.74. The monoisotopic (exact) mass is 454 g/mol. The first-order valence-corrected chi connectivity index (χ1v) is 14.8. The summed E-state index contributed by atoms with van der Waals surface area (Å²) < 4.78 is 5.87. The maximum Gasteiger partial charge on any atom is 0.314 e. The Labute approximate surface area is 204 Å². The summed E-state index contributed by atoms with van der Waals surface area (Å²) in [7, 11) is 0. The van der Waals surface area contributed by atoms with Crippen LogP contribution in [0.5, 0.6) is 0 Å². The average molecular weight is 455 g/mol. The summed E-state index contributed by atoms with van der Waals surface area (Å²) in [6.07, 6.45) is 29.1. The first-order chi connectivity index (χ1) is 16.2. The Balaban J connectivity index is 1.15. The summed E-state index contributed by atoms with van der Waals surface area (Å²) >= 11 is 0. The van der Waals surface area contributed by atoms with Crippen LogP contribution in [0.2, 0.25) is 0 Å². The van der Waals surface area contributed by atoms with E-state index < -0.39 is 0 Å². The van der Waals surface area contributed by atoms with E-state index in [9.17, 15) is 4.79 Å². The maximum atomic E-state index is 12.8. The molecule has 3 fully saturated rings. The number of hydrogen-bond donors (Lipinski definition) is 0. The lowest BCUT2D eigenvalue weighted by molar-refractivity contribution is -0.145. The van der Waals surface area contributed by atoms with Crippen molar-refractivity contribution in [3.8, 4) is 0 Å². The van der Waals surface area contributed by atoms with Crippen molar-refractivity contribution in [3.63, 3.8) is 0 Å². The van der Waals surface area contributed by atoms with Crippen LogP contribution in [0.15, 0.2) is 24.0 Å². The van der Waals surface area contributed by atoms with Gasteiger partial charge in [-0.15, -0.1) is 0 Å². The maximum absolute atomic E-state index is 12.8. The van der Waals surface area contributed by atoms with Crippen molar-refractivity contribution in [3.05, 3.63) is 24.0 Å². The molecule has 33 heavy (non-hydrogen) atoms. The van der Waals surface area contributed by atoms with Gasteiger partial charge in [0.2, 0.25) is 0 Å². The van der Waals surface area contributed by atoms with Crippen molar-refractivity contribution in [2.45, 2.75) is 123 Å². The Hall–Kier alpha value is -1.05. The minimum Gasteiger partial charge on any atom is -0.427 e. The van der Waals surface area contributed by atoms with Gasteiger partial charge in [0.05, 0.1) is 5.92 Å². The zero-order chi connectivity index (χ0) is 23.0. The molecule has 4 rings (SSSR count). The second kappa shape index (κ2) is 12.6. The van der Waals surface area contributed by atoms with E-state index in [-0.39, 0.29) is 11.9 Å². The van der Waals surface area contributed by atoms with Gasteiger partial charge in [-0.3, -0.25) is 4.79 Å². The highest BCUT2D eigenvalue weighted by atomic mass is 16.5. The third kappa shape index (κ3) is 6.98. The van der Waals surface area contributed by atoms with Crippen LogP contribution in [0, 0.1) is 41.4 Å². The molecular weight excluding hydrogens is 404 g/mol. The lowest BCUT2D eigenvalue weighted by Gasteiger charge is -2.37. The van der Waals surface area contributed by atoms with Crippen molar-refractivity contribution in [2.24, 2.45) is 41.4 Å². The van der Waals surface area contributed by atoms with E-state index in [0.717, 1.165) is 54.6 Å². The lowest BCUT2D eigenvalue weighted by Crippen LogP contribution is -2.29. The SMILES string of the molecule is CCCC1CCC(C2C=CC(OC(=O)C3CCC(C4CCC(CCC)CC4)CC3)=CC2)CC1. The number of ether oxygens (including phenoxy) is 1. The fraction of sp³-hybridized carbons (Fsp3) is 0.839. The standard InChI is InChI=1S/C31H50O2/c1-3-5-23-7-11-25(12-8-23)27-15-17-29(18-16-27)31(32)33-30-21-19-28(20-22-30)26-13-9-24(6-4-2)10-14-26/h19,21-29H,3-18,20H2,1-2H3. The average Bonchev–Trinajstić information content (AvgIpc) is 2.86. The summed E-state index contributed by atoms with van der Waals surface area (Å²) in [5, 5.41) is 0. The second-order valence-electron chi connectivity index (χ2n) is 12.0. The van der Waals surface area contributed by atoms with Gasteiger partial charge in [-0.05, 0) is 105 Å². The zero-order valence-electron chi connectivity index (χ0n) is 21.6. The first kappa shape index (κ1) is 25.1. The van der Waals surface area contributed by atoms with E-state index in [4.69, 9.17) is 4.74 Å². The molecule has 0 amide bonds. The summed E-state index contributed by atoms with van der Waals surface area (Å²) in [5.74, 6) is 6.20. The Kier molecular flexibility index (Phi) is 9.56. The molecule has 1 unspecified atom stereocenters. The van der Waals surface area contributed by atoms with Crippen molar-refractivity contribution in [2.75, 3.05) is 0 Å². The minimum absolute atomic E-state index is 0.0366. The molecular formula is C31H50O2. The van der Waals surface area contributed by atoms with Gasteiger partial charge in [0, 0.05) is 0 Å². The molecule has 2 nitrogen and oxygen atoms in total. The van der Waals surface area contributed by atoms with Gasteiger partial charge in [0.25, 0.3) is 0 Å². The van der Waals surface area contributed by atoms with E-state index >= 15 is 0 Å². The normalized spacial score (nSPS) is 37.4. The molecule has 0 bridgehead atoms. The molecule has 0 radical (unpaired) electrons. The van der Waals surface area contributed by atoms with Crippen LogP contribution in [0.25, 0.3) is 0 Å². The molecule has 0 saturated heterocycles. The minimum atomic E-state index is 0.0366. The van der Waals surface area contributed by atoms with E-state index in [2.05, 4.69) is 32.1 Å². The Bertz CT molecular complexity index is 652. The van der Waals surface area contributed by atoms with E-state index in [1.807, 2.05) is 0 Å². The molecule has 1 atom stereocenters. The molecule has 0 aliphatic heterocycles. The number of allylic oxidation sites excluding steroid dienone is 3. The summed E-state index contributed by atoms with van der Waals surface area (Å²) in [4.78, 5) is 12.8.